The molecule has 0 unspecified atom stereocenters. The van der Waals surface area contributed by atoms with Gasteiger partial charge >= 0.3 is 0 Å². The quantitative estimate of drug-likeness (QED) is 0.353. The van der Waals surface area contributed by atoms with Crippen molar-refractivity contribution in [2.75, 3.05) is 13.1 Å². The molecular formula is C17H29IN4O. The number of amides is 1. The molecule has 0 fully saturated rings. The number of aliphatic imine (C=N–C) groups is 1. The van der Waals surface area contributed by atoms with Crippen LogP contribution in [-0.4, -0.2) is 31.0 Å². The maximum atomic E-state index is 11.6. The zero-order valence-corrected chi connectivity index (χ0v) is 16.8. The van der Waals surface area contributed by atoms with Crippen molar-refractivity contribution >= 4 is 35.8 Å². The molecule has 3 N–H and O–H groups in total. The van der Waals surface area contributed by atoms with Gasteiger partial charge in [0.2, 0.25) is 5.91 Å². The van der Waals surface area contributed by atoms with E-state index in [-0.39, 0.29) is 35.9 Å². The lowest BCUT2D eigenvalue weighted by atomic mass is 10.1. The Labute approximate surface area is 156 Å². The summed E-state index contributed by atoms with van der Waals surface area (Å²) in [5.41, 5.74) is 2.41. The minimum atomic E-state index is 0. The highest BCUT2D eigenvalue weighted by Gasteiger charge is 2.04. The van der Waals surface area contributed by atoms with Crippen LogP contribution in [0.4, 0.5) is 0 Å². The van der Waals surface area contributed by atoms with Gasteiger partial charge in [-0.1, -0.05) is 29.8 Å². The van der Waals surface area contributed by atoms with Gasteiger partial charge in [-0.2, -0.15) is 0 Å². The minimum absolute atomic E-state index is 0. The second-order valence-electron chi connectivity index (χ2n) is 5.58. The van der Waals surface area contributed by atoms with Crippen LogP contribution in [-0.2, 0) is 11.3 Å². The summed E-state index contributed by atoms with van der Waals surface area (Å²) in [4.78, 5) is 16.1. The SMILES string of the molecule is CCNC(=NCc1cccc(C)c1)NCCC(=O)NC(C)C.I. The molecule has 0 aliphatic rings. The van der Waals surface area contributed by atoms with Crippen LogP contribution < -0.4 is 16.0 Å². The zero-order valence-electron chi connectivity index (χ0n) is 14.5. The van der Waals surface area contributed by atoms with E-state index in [9.17, 15) is 4.79 Å². The highest BCUT2D eigenvalue weighted by atomic mass is 127. The molecule has 0 bridgehead atoms. The van der Waals surface area contributed by atoms with Crippen LogP contribution in [0.2, 0.25) is 0 Å². The molecule has 5 nitrogen and oxygen atoms in total. The van der Waals surface area contributed by atoms with Gasteiger partial charge in [-0.3, -0.25) is 4.79 Å². The molecule has 0 radical (unpaired) electrons. The molecule has 0 aliphatic carbocycles. The fourth-order valence-corrected chi connectivity index (χ4v) is 2.01. The maximum Gasteiger partial charge on any atom is 0.221 e. The molecular weight excluding hydrogens is 403 g/mol. The standard InChI is InChI=1S/C17H28N4O.HI/c1-5-18-17(19-10-9-16(22)21-13(2)3)20-12-15-8-6-7-14(4)11-15;/h6-8,11,13H,5,9-10,12H2,1-4H3,(H,21,22)(H2,18,19,20);1H. The first-order valence-electron chi connectivity index (χ1n) is 7.88. The number of nitrogens with one attached hydrogen (secondary N) is 3. The Morgan fingerprint density at radius 3 is 2.61 bits per heavy atom. The van der Waals surface area contributed by atoms with Gasteiger partial charge < -0.3 is 16.0 Å². The van der Waals surface area contributed by atoms with Crippen LogP contribution in [0.15, 0.2) is 29.3 Å². The van der Waals surface area contributed by atoms with Gasteiger partial charge in [0.1, 0.15) is 0 Å². The van der Waals surface area contributed by atoms with Gasteiger partial charge in [0.05, 0.1) is 6.54 Å². The van der Waals surface area contributed by atoms with Crippen LogP contribution in [0.3, 0.4) is 0 Å². The molecule has 0 saturated heterocycles. The molecule has 1 rings (SSSR count). The largest absolute Gasteiger partial charge is 0.357 e. The minimum Gasteiger partial charge on any atom is -0.357 e. The van der Waals surface area contributed by atoms with Gasteiger partial charge in [-0.05, 0) is 33.3 Å². The Morgan fingerprint density at radius 2 is 2.00 bits per heavy atom. The van der Waals surface area contributed by atoms with E-state index in [1.807, 2.05) is 26.8 Å². The lowest BCUT2D eigenvalue weighted by Gasteiger charge is -2.12. The summed E-state index contributed by atoms with van der Waals surface area (Å²) in [6.07, 6.45) is 0.438. The van der Waals surface area contributed by atoms with Crippen LogP contribution >= 0.6 is 24.0 Å². The highest BCUT2D eigenvalue weighted by Crippen LogP contribution is 2.04. The Bertz CT molecular complexity index is 503. The lowest BCUT2D eigenvalue weighted by Crippen LogP contribution is -2.40. The smallest absolute Gasteiger partial charge is 0.221 e. The summed E-state index contributed by atoms with van der Waals surface area (Å²) in [7, 11) is 0. The van der Waals surface area contributed by atoms with Crippen molar-refractivity contribution < 1.29 is 4.79 Å². The van der Waals surface area contributed by atoms with E-state index < -0.39 is 0 Å². The average Bonchev–Trinajstić information content (AvgIpc) is 2.44. The van der Waals surface area contributed by atoms with Gasteiger partial charge in [-0.15, -0.1) is 24.0 Å². The molecule has 23 heavy (non-hydrogen) atoms. The topological polar surface area (TPSA) is 65.5 Å². The Morgan fingerprint density at radius 1 is 1.26 bits per heavy atom. The number of hydrogen-bond acceptors (Lipinski definition) is 2. The number of rotatable bonds is 7. The molecule has 1 amide bonds. The van der Waals surface area contributed by atoms with Gasteiger partial charge in [0.15, 0.2) is 5.96 Å². The fourth-order valence-electron chi connectivity index (χ4n) is 2.01. The van der Waals surface area contributed by atoms with Crippen LogP contribution in [0.1, 0.15) is 38.3 Å². The number of guanidine groups is 1. The third kappa shape index (κ3) is 10.1. The first-order valence-corrected chi connectivity index (χ1v) is 7.88. The normalized spacial score (nSPS) is 10.9. The number of carbonyl (C=O) groups is 1. The summed E-state index contributed by atoms with van der Waals surface area (Å²) >= 11 is 0. The van der Waals surface area contributed by atoms with Crippen molar-refractivity contribution in [3.05, 3.63) is 35.4 Å². The highest BCUT2D eigenvalue weighted by molar-refractivity contribution is 14.0. The number of aryl methyl sites for hydroxylation is 1. The van der Waals surface area contributed by atoms with E-state index in [0.29, 0.717) is 19.5 Å². The van der Waals surface area contributed by atoms with Crippen molar-refractivity contribution in [3.8, 4) is 0 Å². The molecule has 0 heterocycles. The van der Waals surface area contributed by atoms with E-state index in [0.717, 1.165) is 12.5 Å². The van der Waals surface area contributed by atoms with E-state index in [2.05, 4.69) is 46.1 Å². The fraction of sp³-hybridized carbons (Fsp3) is 0.529. The van der Waals surface area contributed by atoms with Crippen molar-refractivity contribution in [1.29, 1.82) is 0 Å². The molecule has 1 aromatic carbocycles. The molecule has 6 heteroatoms. The number of hydrogen-bond donors (Lipinski definition) is 3. The number of nitrogens with zero attached hydrogens (tertiary/aromatic N) is 1. The van der Waals surface area contributed by atoms with E-state index in [1.165, 1.54) is 11.1 Å². The van der Waals surface area contributed by atoms with E-state index in [1.54, 1.807) is 0 Å². The van der Waals surface area contributed by atoms with Crippen molar-refractivity contribution in [1.82, 2.24) is 16.0 Å². The summed E-state index contributed by atoms with van der Waals surface area (Å²) < 4.78 is 0. The Kier molecular flexibility index (Phi) is 11.5. The summed E-state index contributed by atoms with van der Waals surface area (Å²) in [5, 5.41) is 9.25. The monoisotopic (exact) mass is 432 g/mol. The molecule has 0 aromatic heterocycles. The average molecular weight is 432 g/mol. The molecule has 0 atom stereocenters. The van der Waals surface area contributed by atoms with Crippen LogP contribution in [0.5, 0.6) is 0 Å². The van der Waals surface area contributed by atoms with Crippen molar-refractivity contribution in [2.45, 2.75) is 46.7 Å². The zero-order chi connectivity index (χ0) is 16.4. The molecule has 0 saturated carbocycles. The molecule has 0 aliphatic heterocycles. The first kappa shape index (κ1) is 21.7. The number of halogens is 1. The molecule has 130 valence electrons. The third-order valence-corrected chi connectivity index (χ3v) is 2.94. The van der Waals surface area contributed by atoms with E-state index in [4.69, 9.17) is 0 Å². The van der Waals surface area contributed by atoms with Gasteiger partial charge in [0.25, 0.3) is 0 Å². The molecule has 1 aromatic rings. The second kappa shape index (κ2) is 12.2. The van der Waals surface area contributed by atoms with Crippen molar-refractivity contribution in [2.24, 2.45) is 4.99 Å². The predicted octanol–water partition coefficient (Wildman–Crippen LogP) is 2.58. The number of carbonyl (C=O) groups excluding carboxylic acids is 1. The van der Waals surface area contributed by atoms with Crippen molar-refractivity contribution in [3.63, 3.8) is 0 Å². The Balaban J connectivity index is 0.00000484. The summed E-state index contributed by atoms with van der Waals surface area (Å²) in [6.45, 7) is 9.99. The van der Waals surface area contributed by atoms with E-state index >= 15 is 0 Å². The van der Waals surface area contributed by atoms with Crippen LogP contribution in [0, 0.1) is 6.92 Å². The van der Waals surface area contributed by atoms with Crippen LogP contribution in [0.25, 0.3) is 0 Å². The first-order chi connectivity index (χ1) is 10.5. The predicted molar refractivity (Wildman–Crippen MR) is 107 cm³/mol. The second-order valence-corrected chi connectivity index (χ2v) is 5.58. The summed E-state index contributed by atoms with van der Waals surface area (Å²) in [6, 6.07) is 8.48. The molecule has 0 spiro atoms. The number of benzene rings is 1. The maximum absolute atomic E-state index is 11.6. The van der Waals surface area contributed by atoms with Gasteiger partial charge in [0, 0.05) is 25.6 Å². The lowest BCUT2D eigenvalue weighted by molar-refractivity contribution is -0.121. The Hall–Kier alpha value is -1.31. The third-order valence-electron chi connectivity index (χ3n) is 2.94. The summed E-state index contributed by atoms with van der Waals surface area (Å²) in [5.74, 6) is 0.790. The van der Waals surface area contributed by atoms with Gasteiger partial charge in [-0.25, -0.2) is 4.99 Å².